The molecule has 0 saturated carbocycles. The molecule has 2 heterocycles. The van der Waals surface area contributed by atoms with Crippen LogP contribution >= 0.6 is 23.8 Å². The fourth-order valence-electron chi connectivity index (χ4n) is 3.18. The summed E-state index contributed by atoms with van der Waals surface area (Å²) >= 11 is 11.2. The average Bonchev–Trinajstić information content (AvgIpc) is 3.27. The van der Waals surface area contributed by atoms with Crippen molar-refractivity contribution in [1.82, 2.24) is 30.2 Å². The molecule has 0 atom stereocenters. The molecule has 2 aromatic carbocycles. The van der Waals surface area contributed by atoms with Gasteiger partial charge in [0, 0.05) is 34.7 Å². The lowest BCUT2D eigenvalue weighted by Crippen LogP contribution is -2.43. The Balaban J connectivity index is 1.47. The van der Waals surface area contributed by atoms with Gasteiger partial charge in [-0.05, 0) is 42.5 Å². The van der Waals surface area contributed by atoms with Gasteiger partial charge < -0.3 is 4.57 Å². The van der Waals surface area contributed by atoms with Crippen molar-refractivity contribution in [2.75, 3.05) is 0 Å². The average molecular weight is 441 g/mol. The Hall–Kier alpha value is -3.43. The number of aryl methyl sites for hydroxylation is 1. The Bertz CT molecular complexity index is 1310. The third kappa shape index (κ3) is 3.85. The molecular weight excluding hydrogens is 424 g/mol. The Morgan fingerprint density at radius 3 is 2.63 bits per heavy atom. The summed E-state index contributed by atoms with van der Waals surface area (Å²) < 4.78 is 3.68. The van der Waals surface area contributed by atoms with Crippen LogP contribution in [0.2, 0.25) is 5.02 Å². The number of aromatic amines is 1. The van der Waals surface area contributed by atoms with E-state index in [0.717, 1.165) is 16.5 Å². The SMILES string of the molecule is Cn1cc(C(=O)NNC(=O)Cn2c(-c3ccc(Cl)cc3)n[nH]c2=S)c2ccccc21. The normalized spacial score (nSPS) is 10.9. The van der Waals surface area contributed by atoms with Crippen LogP contribution in [0, 0.1) is 4.77 Å². The summed E-state index contributed by atoms with van der Waals surface area (Å²) in [4.78, 5) is 25.0. The summed E-state index contributed by atoms with van der Waals surface area (Å²) in [5, 5.41) is 8.25. The summed E-state index contributed by atoms with van der Waals surface area (Å²) in [5.41, 5.74) is 7.03. The van der Waals surface area contributed by atoms with E-state index in [0.29, 0.717) is 16.4 Å². The summed E-state index contributed by atoms with van der Waals surface area (Å²) in [6.45, 7) is -0.122. The minimum atomic E-state index is -0.448. The topological polar surface area (TPSA) is 96.7 Å². The summed E-state index contributed by atoms with van der Waals surface area (Å²) in [5.74, 6) is -0.364. The predicted molar refractivity (Wildman–Crippen MR) is 116 cm³/mol. The number of hydrazine groups is 1. The molecule has 8 nitrogen and oxygen atoms in total. The first-order chi connectivity index (χ1) is 14.4. The molecule has 4 aromatic rings. The number of rotatable bonds is 4. The number of aromatic nitrogens is 4. The molecule has 10 heteroatoms. The van der Waals surface area contributed by atoms with Crippen LogP contribution in [0.25, 0.3) is 22.3 Å². The second kappa shape index (κ2) is 8.13. The lowest BCUT2D eigenvalue weighted by atomic mass is 10.2. The van der Waals surface area contributed by atoms with Crippen molar-refractivity contribution in [2.24, 2.45) is 7.05 Å². The minimum Gasteiger partial charge on any atom is -0.350 e. The van der Waals surface area contributed by atoms with Crippen molar-refractivity contribution in [3.05, 3.63) is 70.1 Å². The summed E-state index contributed by atoms with van der Waals surface area (Å²) in [6, 6.07) is 14.6. The van der Waals surface area contributed by atoms with Gasteiger partial charge in [0.25, 0.3) is 11.8 Å². The van der Waals surface area contributed by atoms with Gasteiger partial charge in [-0.25, -0.2) is 0 Å². The van der Waals surface area contributed by atoms with E-state index in [4.69, 9.17) is 23.8 Å². The third-order valence-electron chi connectivity index (χ3n) is 4.62. The molecule has 0 spiro atoms. The van der Waals surface area contributed by atoms with Gasteiger partial charge in [-0.1, -0.05) is 29.8 Å². The maximum atomic E-state index is 12.6. The number of nitrogens with one attached hydrogen (secondary N) is 3. The van der Waals surface area contributed by atoms with E-state index in [-0.39, 0.29) is 11.3 Å². The highest BCUT2D eigenvalue weighted by Crippen LogP contribution is 2.21. The number of fused-ring (bicyclic) bond motifs is 1. The molecule has 2 aromatic heterocycles. The smallest absolute Gasteiger partial charge is 0.271 e. The van der Waals surface area contributed by atoms with E-state index in [9.17, 15) is 9.59 Å². The predicted octanol–water partition coefficient (Wildman–Crippen LogP) is 3.21. The molecule has 0 saturated heterocycles. The second-order valence-corrected chi connectivity index (χ2v) is 7.44. The van der Waals surface area contributed by atoms with E-state index in [1.54, 1.807) is 30.5 Å². The van der Waals surface area contributed by atoms with Crippen LogP contribution in [0.3, 0.4) is 0 Å². The van der Waals surface area contributed by atoms with Crippen LogP contribution in [-0.2, 0) is 18.4 Å². The molecule has 0 bridgehead atoms. The maximum Gasteiger partial charge on any atom is 0.271 e. The number of halogens is 1. The Labute approximate surface area is 181 Å². The van der Waals surface area contributed by atoms with Crippen LogP contribution in [0.4, 0.5) is 0 Å². The largest absolute Gasteiger partial charge is 0.350 e. The highest BCUT2D eigenvalue weighted by atomic mass is 35.5. The number of carbonyl (C=O) groups is 2. The van der Waals surface area contributed by atoms with Gasteiger partial charge in [-0.2, -0.15) is 5.10 Å². The van der Waals surface area contributed by atoms with Crippen molar-refractivity contribution in [3.63, 3.8) is 0 Å². The van der Waals surface area contributed by atoms with Crippen molar-refractivity contribution in [2.45, 2.75) is 6.54 Å². The fraction of sp³-hybridized carbons (Fsp3) is 0.100. The van der Waals surface area contributed by atoms with E-state index in [1.165, 1.54) is 4.57 Å². The zero-order valence-electron chi connectivity index (χ0n) is 15.8. The van der Waals surface area contributed by atoms with E-state index < -0.39 is 11.8 Å². The number of hydrogen-bond donors (Lipinski definition) is 3. The van der Waals surface area contributed by atoms with Crippen molar-refractivity contribution in [1.29, 1.82) is 0 Å². The zero-order chi connectivity index (χ0) is 21.3. The number of hydrogen-bond acceptors (Lipinski definition) is 4. The molecule has 0 unspecified atom stereocenters. The highest BCUT2D eigenvalue weighted by molar-refractivity contribution is 7.71. The van der Waals surface area contributed by atoms with Gasteiger partial charge in [-0.3, -0.25) is 30.1 Å². The molecule has 3 N–H and O–H groups in total. The Kier molecular flexibility index (Phi) is 5.39. The van der Waals surface area contributed by atoms with Crippen LogP contribution < -0.4 is 10.9 Å². The molecule has 0 fully saturated rings. The molecule has 2 amide bonds. The number of benzene rings is 2. The Morgan fingerprint density at radius 1 is 1.13 bits per heavy atom. The lowest BCUT2D eigenvalue weighted by molar-refractivity contribution is -0.122. The Morgan fingerprint density at radius 2 is 1.87 bits per heavy atom. The second-order valence-electron chi connectivity index (χ2n) is 6.62. The molecule has 0 aliphatic carbocycles. The summed E-state index contributed by atoms with van der Waals surface area (Å²) in [6.07, 6.45) is 1.72. The van der Waals surface area contributed by atoms with Gasteiger partial charge in [0.1, 0.15) is 6.54 Å². The number of nitrogens with zero attached hydrogens (tertiary/aromatic N) is 3. The van der Waals surface area contributed by atoms with Crippen LogP contribution in [0.1, 0.15) is 10.4 Å². The number of carbonyl (C=O) groups excluding carboxylic acids is 2. The van der Waals surface area contributed by atoms with Crippen LogP contribution in [0.15, 0.2) is 54.7 Å². The third-order valence-corrected chi connectivity index (χ3v) is 5.18. The molecular formula is C20H17ClN6O2S. The van der Waals surface area contributed by atoms with Gasteiger partial charge >= 0.3 is 0 Å². The maximum absolute atomic E-state index is 12.6. The zero-order valence-corrected chi connectivity index (χ0v) is 17.4. The number of amides is 2. The van der Waals surface area contributed by atoms with Crippen molar-refractivity contribution < 1.29 is 9.59 Å². The molecule has 0 aliphatic heterocycles. The fourth-order valence-corrected chi connectivity index (χ4v) is 3.51. The number of para-hydroxylation sites is 1. The van der Waals surface area contributed by atoms with Gasteiger partial charge in [0.05, 0.1) is 5.56 Å². The van der Waals surface area contributed by atoms with Crippen molar-refractivity contribution >= 4 is 46.5 Å². The van der Waals surface area contributed by atoms with E-state index in [2.05, 4.69) is 21.0 Å². The molecule has 4 rings (SSSR count). The van der Waals surface area contributed by atoms with Gasteiger partial charge in [0.2, 0.25) is 0 Å². The first kappa shape index (κ1) is 19.9. The highest BCUT2D eigenvalue weighted by Gasteiger charge is 2.16. The van der Waals surface area contributed by atoms with Crippen LogP contribution in [0.5, 0.6) is 0 Å². The lowest BCUT2D eigenvalue weighted by Gasteiger charge is -2.09. The molecule has 0 aliphatic rings. The van der Waals surface area contributed by atoms with Crippen molar-refractivity contribution in [3.8, 4) is 11.4 Å². The van der Waals surface area contributed by atoms with E-state index in [1.807, 2.05) is 35.9 Å². The number of H-pyrrole nitrogens is 1. The van der Waals surface area contributed by atoms with Gasteiger partial charge in [0.15, 0.2) is 10.6 Å². The standard InChI is InChI=1S/C20H17ClN6O2S/c1-26-10-15(14-4-2-3-5-16(14)26)19(29)24-22-17(28)11-27-18(23-25-20(27)30)12-6-8-13(21)9-7-12/h2-10H,11H2,1H3,(H,22,28)(H,24,29)(H,25,30). The first-order valence-electron chi connectivity index (χ1n) is 8.98. The van der Waals surface area contributed by atoms with Gasteiger partial charge in [-0.15, -0.1) is 0 Å². The molecule has 152 valence electrons. The molecule has 30 heavy (non-hydrogen) atoms. The van der Waals surface area contributed by atoms with E-state index >= 15 is 0 Å². The quantitative estimate of drug-likeness (QED) is 0.335. The summed E-state index contributed by atoms with van der Waals surface area (Å²) in [7, 11) is 1.86. The minimum absolute atomic E-state index is 0.122. The van der Waals surface area contributed by atoms with Crippen LogP contribution in [-0.4, -0.2) is 31.1 Å². The monoisotopic (exact) mass is 440 g/mol. The first-order valence-corrected chi connectivity index (χ1v) is 9.77. The molecule has 0 radical (unpaired) electrons.